The van der Waals surface area contributed by atoms with E-state index in [1.807, 2.05) is 6.92 Å². The summed E-state index contributed by atoms with van der Waals surface area (Å²) in [5, 5.41) is -0.579. The lowest BCUT2D eigenvalue weighted by atomic mass is 10.3. The van der Waals surface area contributed by atoms with Crippen molar-refractivity contribution in [3.8, 4) is 0 Å². The van der Waals surface area contributed by atoms with Crippen molar-refractivity contribution in [2.45, 2.75) is 19.2 Å². The van der Waals surface area contributed by atoms with Crippen LogP contribution in [0, 0.1) is 0 Å². The number of likely N-dealkylation sites (N-methyl/N-ethyl adjacent to an activating group) is 2. The normalized spacial score (nSPS) is 12.1. The largest absolute Gasteiger partial charge is 0.347 e. The summed E-state index contributed by atoms with van der Waals surface area (Å²) in [4.78, 5) is 25.7. The topological polar surface area (TPSA) is 40.6 Å². The van der Waals surface area contributed by atoms with Crippen LogP contribution in [0.15, 0.2) is 0 Å². The van der Waals surface area contributed by atoms with Gasteiger partial charge in [0.05, 0.1) is 6.54 Å². The number of alkyl halides is 1. The number of amides is 2. The molecular weight excluding hydrogens is 204 g/mol. The van der Waals surface area contributed by atoms with Crippen molar-refractivity contribution in [3.05, 3.63) is 0 Å². The number of carbonyl (C=O) groups excluding carboxylic acids is 2. The second-order valence-electron chi connectivity index (χ2n) is 3.26. The molecule has 82 valence electrons. The summed E-state index contributed by atoms with van der Waals surface area (Å²) >= 11 is 5.65. The Balaban J connectivity index is 4.30. The summed E-state index contributed by atoms with van der Waals surface area (Å²) < 4.78 is 0. The van der Waals surface area contributed by atoms with Gasteiger partial charge in [0.25, 0.3) is 0 Å². The SMILES string of the molecule is CCN(CC(=O)N(C)C)C(=O)C(C)Cl. The van der Waals surface area contributed by atoms with Gasteiger partial charge in [0.15, 0.2) is 0 Å². The quantitative estimate of drug-likeness (QED) is 0.650. The van der Waals surface area contributed by atoms with Gasteiger partial charge in [-0.2, -0.15) is 0 Å². The van der Waals surface area contributed by atoms with Gasteiger partial charge >= 0.3 is 0 Å². The van der Waals surface area contributed by atoms with Gasteiger partial charge in [-0.15, -0.1) is 11.6 Å². The monoisotopic (exact) mass is 220 g/mol. The zero-order chi connectivity index (χ0) is 11.3. The molecule has 0 fully saturated rings. The lowest BCUT2D eigenvalue weighted by molar-refractivity contribution is -0.138. The van der Waals surface area contributed by atoms with Crippen molar-refractivity contribution in [2.24, 2.45) is 0 Å². The summed E-state index contributed by atoms with van der Waals surface area (Å²) in [6, 6.07) is 0. The number of carbonyl (C=O) groups is 2. The third kappa shape index (κ3) is 3.96. The molecule has 14 heavy (non-hydrogen) atoms. The molecule has 5 heteroatoms. The number of hydrogen-bond donors (Lipinski definition) is 0. The van der Waals surface area contributed by atoms with E-state index in [4.69, 9.17) is 11.6 Å². The number of halogens is 1. The Hall–Kier alpha value is -0.770. The van der Waals surface area contributed by atoms with Gasteiger partial charge in [-0.25, -0.2) is 0 Å². The summed E-state index contributed by atoms with van der Waals surface area (Å²) in [5.41, 5.74) is 0. The van der Waals surface area contributed by atoms with E-state index in [1.165, 1.54) is 9.80 Å². The summed E-state index contributed by atoms with van der Waals surface area (Å²) in [6.07, 6.45) is 0. The molecule has 0 aliphatic carbocycles. The third-order valence-corrected chi connectivity index (χ3v) is 2.05. The molecule has 0 aliphatic rings. The van der Waals surface area contributed by atoms with Gasteiger partial charge in [-0.3, -0.25) is 9.59 Å². The average molecular weight is 221 g/mol. The fraction of sp³-hybridized carbons (Fsp3) is 0.778. The van der Waals surface area contributed by atoms with E-state index in [2.05, 4.69) is 0 Å². The van der Waals surface area contributed by atoms with E-state index < -0.39 is 5.38 Å². The van der Waals surface area contributed by atoms with Crippen molar-refractivity contribution in [1.82, 2.24) is 9.80 Å². The zero-order valence-corrected chi connectivity index (χ0v) is 9.84. The van der Waals surface area contributed by atoms with E-state index in [9.17, 15) is 9.59 Å². The molecule has 2 amide bonds. The Morgan fingerprint density at radius 3 is 2.14 bits per heavy atom. The van der Waals surface area contributed by atoms with Crippen LogP contribution in [0.5, 0.6) is 0 Å². The standard InChI is InChI=1S/C9H17ClN2O2/c1-5-12(9(14)7(2)10)6-8(13)11(3)4/h7H,5-6H2,1-4H3. The molecule has 0 spiro atoms. The van der Waals surface area contributed by atoms with Crippen LogP contribution in [-0.2, 0) is 9.59 Å². The average Bonchev–Trinajstić information content (AvgIpc) is 2.12. The highest BCUT2D eigenvalue weighted by molar-refractivity contribution is 6.30. The molecule has 0 saturated heterocycles. The first-order valence-corrected chi connectivity index (χ1v) is 4.96. The van der Waals surface area contributed by atoms with E-state index >= 15 is 0 Å². The molecule has 0 radical (unpaired) electrons. The van der Waals surface area contributed by atoms with Gasteiger partial charge in [-0.05, 0) is 13.8 Å². The van der Waals surface area contributed by atoms with Crippen LogP contribution in [0.25, 0.3) is 0 Å². The Morgan fingerprint density at radius 1 is 1.36 bits per heavy atom. The maximum atomic E-state index is 11.5. The maximum Gasteiger partial charge on any atom is 0.241 e. The van der Waals surface area contributed by atoms with E-state index in [1.54, 1.807) is 21.0 Å². The molecule has 0 aliphatic heterocycles. The minimum Gasteiger partial charge on any atom is -0.347 e. The van der Waals surface area contributed by atoms with E-state index in [-0.39, 0.29) is 18.4 Å². The van der Waals surface area contributed by atoms with Crippen molar-refractivity contribution in [2.75, 3.05) is 27.2 Å². The van der Waals surface area contributed by atoms with E-state index in [0.717, 1.165) is 0 Å². The fourth-order valence-electron chi connectivity index (χ4n) is 0.902. The van der Waals surface area contributed by atoms with Crippen LogP contribution in [0.3, 0.4) is 0 Å². The second kappa shape index (κ2) is 5.86. The van der Waals surface area contributed by atoms with Gasteiger partial charge in [0.2, 0.25) is 11.8 Å². The smallest absolute Gasteiger partial charge is 0.241 e. The van der Waals surface area contributed by atoms with Crippen LogP contribution in [0.4, 0.5) is 0 Å². The molecule has 0 rings (SSSR count). The predicted octanol–water partition coefficient (Wildman–Crippen LogP) is 0.550. The number of hydrogen-bond acceptors (Lipinski definition) is 2. The minimum absolute atomic E-state index is 0.0966. The Labute approximate surface area is 89.8 Å². The highest BCUT2D eigenvalue weighted by atomic mass is 35.5. The fourth-order valence-corrected chi connectivity index (χ4v) is 1.04. The Bertz CT molecular complexity index is 217. The molecule has 0 saturated carbocycles. The van der Waals surface area contributed by atoms with Crippen LogP contribution in [-0.4, -0.2) is 54.2 Å². The summed E-state index contributed by atoms with van der Waals surface area (Å²) in [7, 11) is 3.32. The first-order valence-electron chi connectivity index (χ1n) is 4.53. The van der Waals surface area contributed by atoms with Crippen LogP contribution in [0.2, 0.25) is 0 Å². The second-order valence-corrected chi connectivity index (χ2v) is 3.91. The van der Waals surface area contributed by atoms with Crippen LogP contribution < -0.4 is 0 Å². The molecule has 0 aromatic rings. The van der Waals surface area contributed by atoms with Gasteiger partial charge in [0, 0.05) is 20.6 Å². The van der Waals surface area contributed by atoms with Crippen LogP contribution in [0.1, 0.15) is 13.8 Å². The van der Waals surface area contributed by atoms with Crippen molar-refractivity contribution in [1.29, 1.82) is 0 Å². The Morgan fingerprint density at radius 2 is 1.86 bits per heavy atom. The number of rotatable bonds is 4. The first kappa shape index (κ1) is 13.2. The summed E-state index contributed by atoms with van der Waals surface area (Å²) in [6.45, 7) is 4.02. The first-order chi connectivity index (χ1) is 6.40. The zero-order valence-electron chi connectivity index (χ0n) is 9.08. The van der Waals surface area contributed by atoms with Crippen molar-refractivity contribution < 1.29 is 9.59 Å². The Kier molecular flexibility index (Phi) is 5.53. The highest BCUT2D eigenvalue weighted by Crippen LogP contribution is 2.01. The van der Waals surface area contributed by atoms with Gasteiger partial charge < -0.3 is 9.80 Å². The van der Waals surface area contributed by atoms with E-state index in [0.29, 0.717) is 6.54 Å². The predicted molar refractivity (Wildman–Crippen MR) is 56.3 cm³/mol. The maximum absolute atomic E-state index is 11.5. The van der Waals surface area contributed by atoms with Crippen LogP contribution >= 0.6 is 11.6 Å². The molecular formula is C9H17ClN2O2. The van der Waals surface area contributed by atoms with Crippen molar-refractivity contribution in [3.63, 3.8) is 0 Å². The third-order valence-electron chi connectivity index (χ3n) is 1.86. The molecule has 0 aromatic carbocycles. The van der Waals surface area contributed by atoms with Gasteiger partial charge in [0.1, 0.15) is 5.38 Å². The lowest BCUT2D eigenvalue weighted by Crippen LogP contribution is -2.42. The van der Waals surface area contributed by atoms with Gasteiger partial charge in [-0.1, -0.05) is 0 Å². The lowest BCUT2D eigenvalue weighted by Gasteiger charge is -2.23. The molecule has 0 aromatic heterocycles. The molecule has 1 atom stereocenters. The summed E-state index contributed by atoms with van der Waals surface area (Å²) in [5.74, 6) is -0.304. The molecule has 0 heterocycles. The molecule has 1 unspecified atom stereocenters. The molecule has 0 N–H and O–H groups in total. The molecule has 4 nitrogen and oxygen atoms in total. The number of nitrogens with zero attached hydrogens (tertiary/aromatic N) is 2. The minimum atomic E-state index is -0.579. The highest BCUT2D eigenvalue weighted by Gasteiger charge is 2.19. The van der Waals surface area contributed by atoms with Crippen molar-refractivity contribution >= 4 is 23.4 Å². The molecule has 0 bridgehead atoms.